The van der Waals surface area contributed by atoms with Crippen molar-refractivity contribution >= 4 is 0 Å². The Labute approximate surface area is 116 Å². The first-order valence-electron chi connectivity index (χ1n) is 7.24. The highest BCUT2D eigenvalue weighted by Crippen LogP contribution is 2.12. The fourth-order valence-electron chi connectivity index (χ4n) is 2.17. The van der Waals surface area contributed by atoms with E-state index in [-0.39, 0.29) is 6.10 Å². The third kappa shape index (κ3) is 5.31. The van der Waals surface area contributed by atoms with Crippen LogP contribution in [0, 0.1) is 0 Å². The highest BCUT2D eigenvalue weighted by Gasteiger charge is 2.15. The Hall–Kier alpha value is -0.900. The SMILES string of the molecule is CC(C)NCCc1ccc(COC2CCOC2)cc1. The first-order chi connectivity index (χ1) is 9.24. The summed E-state index contributed by atoms with van der Waals surface area (Å²) < 4.78 is 11.1. The summed E-state index contributed by atoms with van der Waals surface area (Å²) in [6.07, 6.45) is 2.39. The zero-order valence-electron chi connectivity index (χ0n) is 12.0. The first-order valence-corrected chi connectivity index (χ1v) is 7.24. The number of rotatable bonds is 7. The second-order valence-electron chi connectivity index (χ2n) is 5.47. The molecular weight excluding hydrogens is 238 g/mol. The molecule has 1 unspecified atom stereocenters. The Kier molecular flexibility index (Phi) is 5.83. The molecule has 19 heavy (non-hydrogen) atoms. The highest BCUT2D eigenvalue weighted by atomic mass is 16.5. The average Bonchev–Trinajstić information content (AvgIpc) is 2.90. The molecule has 0 amide bonds. The second-order valence-corrected chi connectivity index (χ2v) is 5.47. The Morgan fingerprint density at radius 2 is 2.00 bits per heavy atom. The summed E-state index contributed by atoms with van der Waals surface area (Å²) >= 11 is 0. The maximum atomic E-state index is 5.80. The van der Waals surface area contributed by atoms with Crippen LogP contribution in [0.3, 0.4) is 0 Å². The van der Waals surface area contributed by atoms with Gasteiger partial charge in [0, 0.05) is 12.6 Å². The van der Waals surface area contributed by atoms with E-state index in [0.29, 0.717) is 12.6 Å². The maximum Gasteiger partial charge on any atom is 0.0834 e. The van der Waals surface area contributed by atoms with Gasteiger partial charge in [-0.3, -0.25) is 0 Å². The standard InChI is InChI=1S/C16H25NO2/c1-13(2)17-9-7-14-3-5-15(6-4-14)11-19-16-8-10-18-12-16/h3-6,13,16-17H,7-12H2,1-2H3. The summed E-state index contributed by atoms with van der Waals surface area (Å²) in [5.74, 6) is 0. The van der Waals surface area contributed by atoms with Crippen LogP contribution in [0.2, 0.25) is 0 Å². The van der Waals surface area contributed by atoms with Gasteiger partial charge in [-0.15, -0.1) is 0 Å². The van der Waals surface area contributed by atoms with Crippen molar-refractivity contribution in [1.82, 2.24) is 5.32 Å². The number of benzene rings is 1. The average molecular weight is 263 g/mol. The molecule has 1 saturated heterocycles. The predicted molar refractivity (Wildman–Crippen MR) is 77.3 cm³/mol. The zero-order chi connectivity index (χ0) is 13.5. The van der Waals surface area contributed by atoms with E-state index < -0.39 is 0 Å². The Bertz CT molecular complexity index is 356. The summed E-state index contributed by atoms with van der Waals surface area (Å²) in [6.45, 7) is 7.66. The minimum atomic E-state index is 0.287. The summed E-state index contributed by atoms with van der Waals surface area (Å²) in [5.41, 5.74) is 2.62. The van der Waals surface area contributed by atoms with Crippen molar-refractivity contribution in [1.29, 1.82) is 0 Å². The molecule has 1 heterocycles. The van der Waals surface area contributed by atoms with Gasteiger partial charge in [-0.25, -0.2) is 0 Å². The molecule has 1 atom stereocenters. The number of hydrogen-bond acceptors (Lipinski definition) is 3. The van der Waals surface area contributed by atoms with Crippen molar-refractivity contribution in [2.75, 3.05) is 19.8 Å². The van der Waals surface area contributed by atoms with E-state index in [1.807, 2.05) is 0 Å². The molecule has 0 saturated carbocycles. The van der Waals surface area contributed by atoms with E-state index >= 15 is 0 Å². The van der Waals surface area contributed by atoms with Crippen LogP contribution in [0.25, 0.3) is 0 Å². The normalized spacial score (nSPS) is 19.2. The lowest BCUT2D eigenvalue weighted by molar-refractivity contribution is 0.0317. The summed E-state index contributed by atoms with van der Waals surface area (Å²) in [5, 5.41) is 3.43. The first kappa shape index (κ1) is 14.5. The van der Waals surface area contributed by atoms with Crippen molar-refractivity contribution in [3.8, 4) is 0 Å². The molecule has 0 bridgehead atoms. The Morgan fingerprint density at radius 3 is 2.63 bits per heavy atom. The number of nitrogens with one attached hydrogen (secondary N) is 1. The third-order valence-corrected chi connectivity index (χ3v) is 3.36. The van der Waals surface area contributed by atoms with Gasteiger partial charge >= 0.3 is 0 Å². The van der Waals surface area contributed by atoms with Gasteiger partial charge in [0.15, 0.2) is 0 Å². The minimum Gasteiger partial charge on any atom is -0.379 e. The van der Waals surface area contributed by atoms with Crippen molar-refractivity contribution in [3.63, 3.8) is 0 Å². The third-order valence-electron chi connectivity index (χ3n) is 3.36. The van der Waals surface area contributed by atoms with Crippen molar-refractivity contribution in [3.05, 3.63) is 35.4 Å². The van der Waals surface area contributed by atoms with Crippen LogP contribution in [-0.2, 0) is 22.5 Å². The van der Waals surface area contributed by atoms with Gasteiger partial charge in [0.05, 0.1) is 19.3 Å². The van der Waals surface area contributed by atoms with Gasteiger partial charge in [0.2, 0.25) is 0 Å². The van der Waals surface area contributed by atoms with Gasteiger partial charge in [-0.05, 0) is 30.5 Å². The van der Waals surface area contributed by atoms with E-state index in [9.17, 15) is 0 Å². The smallest absolute Gasteiger partial charge is 0.0834 e. The molecule has 0 aliphatic carbocycles. The van der Waals surface area contributed by atoms with Gasteiger partial charge in [-0.1, -0.05) is 38.1 Å². The molecule has 2 rings (SSSR count). The van der Waals surface area contributed by atoms with Gasteiger partial charge in [0.1, 0.15) is 0 Å². The lowest BCUT2D eigenvalue weighted by Crippen LogP contribution is -2.24. The largest absolute Gasteiger partial charge is 0.379 e. The Morgan fingerprint density at radius 1 is 1.26 bits per heavy atom. The van der Waals surface area contributed by atoms with Crippen LogP contribution in [0.5, 0.6) is 0 Å². The van der Waals surface area contributed by atoms with Crippen molar-refractivity contribution in [2.45, 2.75) is 45.4 Å². The quantitative estimate of drug-likeness (QED) is 0.820. The lowest BCUT2D eigenvalue weighted by atomic mass is 10.1. The molecule has 1 aliphatic rings. The predicted octanol–water partition coefficient (Wildman–Crippen LogP) is 2.53. The summed E-state index contributed by atoms with van der Waals surface area (Å²) in [7, 11) is 0. The molecule has 1 aromatic carbocycles. The topological polar surface area (TPSA) is 30.5 Å². The fourth-order valence-corrected chi connectivity index (χ4v) is 2.17. The number of ether oxygens (including phenoxy) is 2. The number of hydrogen-bond donors (Lipinski definition) is 1. The van der Waals surface area contributed by atoms with E-state index in [1.54, 1.807) is 0 Å². The summed E-state index contributed by atoms with van der Waals surface area (Å²) in [6, 6.07) is 9.29. The van der Waals surface area contributed by atoms with Gasteiger partial charge < -0.3 is 14.8 Å². The molecule has 1 N–H and O–H groups in total. The molecule has 0 spiro atoms. The van der Waals surface area contributed by atoms with Crippen LogP contribution < -0.4 is 5.32 Å². The minimum absolute atomic E-state index is 0.287. The van der Waals surface area contributed by atoms with E-state index in [1.165, 1.54) is 11.1 Å². The van der Waals surface area contributed by atoms with Gasteiger partial charge in [-0.2, -0.15) is 0 Å². The van der Waals surface area contributed by atoms with E-state index in [2.05, 4.69) is 43.4 Å². The Balaban J connectivity index is 1.71. The fraction of sp³-hybridized carbons (Fsp3) is 0.625. The lowest BCUT2D eigenvalue weighted by Gasteiger charge is -2.11. The van der Waals surface area contributed by atoms with Gasteiger partial charge in [0.25, 0.3) is 0 Å². The zero-order valence-corrected chi connectivity index (χ0v) is 12.0. The second kappa shape index (κ2) is 7.63. The molecule has 1 fully saturated rings. The van der Waals surface area contributed by atoms with Crippen molar-refractivity contribution < 1.29 is 9.47 Å². The van der Waals surface area contributed by atoms with Crippen LogP contribution in [0.15, 0.2) is 24.3 Å². The molecule has 0 radical (unpaired) electrons. The molecule has 1 aliphatic heterocycles. The van der Waals surface area contributed by atoms with Crippen LogP contribution >= 0.6 is 0 Å². The molecule has 1 aromatic rings. The monoisotopic (exact) mass is 263 g/mol. The maximum absolute atomic E-state index is 5.80. The van der Waals surface area contributed by atoms with E-state index in [0.717, 1.165) is 32.6 Å². The summed E-state index contributed by atoms with van der Waals surface area (Å²) in [4.78, 5) is 0. The van der Waals surface area contributed by atoms with E-state index in [4.69, 9.17) is 9.47 Å². The molecule has 106 valence electrons. The molecule has 0 aromatic heterocycles. The molecule has 3 nitrogen and oxygen atoms in total. The van der Waals surface area contributed by atoms with Crippen LogP contribution in [0.4, 0.5) is 0 Å². The van der Waals surface area contributed by atoms with Crippen molar-refractivity contribution in [2.24, 2.45) is 0 Å². The van der Waals surface area contributed by atoms with Crippen LogP contribution in [0.1, 0.15) is 31.4 Å². The molecular formula is C16H25NO2. The van der Waals surface area contributed by atoms with Crippen LogP contribution in [-0.4, -0.2) is 31.9 Å². The molecule has 3 heteroatoms. The highest BCUT2D eigenvalue weighted by molar-refractivity contribution is 5.22.